The molecular formula is C21H27FN4O6S. The van der Waals surface area contributed by atoms with Gasteiger partial charge >= 0.3 is 5.91 Å². The van der Waals surface area contributed by atoms with E-state index >= 15 is 0 Å². The number of furan rings is 1. The summed E-state index contributed by atoms with van der Waals surface area (Å²) in [6, 6.07) is 6.06. The van der Waals surface area contributed by atoms with Crippen molar-refractivity contribution >= 4 is 21.8 Å². The number of amides is 2. The predicted molar refractivity (Wildman–Crippen MR) is 116 cm³/mol. The summed E-state index contributed by atoms with van der Waals surface area (Å²) < 4.78 is 51.7. The van der Waals surface area contributed by atoms with Gasteiger partial charge in [-0.1, -0.05) is 13.8 Å². The van der Waals surface area contributed by atoms with Crippen LogP contribution in [0.5, 0.6) is 0 Å². The third-order valence-electron chi connectivity index (χ3n) is 5.24. The van der Waals surface area contributed by atoms with Crippen LogP contribution >= 0.6 is 0 Å². The minimum Gasteiger partial charge on any atom is -0.454 e. The van der Waals surface area contributed by atoms with E-state index in [1.165, 1.54) is 10.4 Å². The summed E-state index contributed by atoms with van der Waals surface area (Å²) in [5.74, 6) is -2.10. The highest BCUT2D eigenvalue weighted by Gasteiger charge is 2.28. The minimum absolute atomic E-state index is 0.0263. The van der Waals surface area contributed by atoms with E-state index in [-0.39, 0.29) is 37.0 Å². The molecule has 12 heteroatoms. The van der Waals surface area contributed by atoms with Gasteiger partial charge in [0.1, 0.15) is 11.6 Å². The van der Waals surface area contributed by atoms with Crippen molar-refractivity contribution in [2.75, 3.05) is 39.4 Å². The van der Waals surface area contributed by atoms with Crippen molar-refractivity contribution in [2.45, 2.75) is 25.3 Å². The lowest BCUT2D eigenvalue weighted by molar-refractivity contribution is 0.0730. The van der Waals surface area contributed by atoms with E-state index in [1.807, 2.05) is 13.8 Å². The molecule has 1 aromatic heterocycles. The normalized spacial score (nSPS) is 14.9. The van der Waals surface area contributed by atoms with Gasteiger partial charge in [0.15, 0.2) is 5.76 Å². The summed E-state index contributed by atoms with van der Waals surface area (Å²) in [6.07, 6.45) is 0. The van der Waals surface area contributed by atoms with Crippen molar-refractivity contribution in [3.63, 3.8) is 0 Å². The van der Waals surface area contributed by atoms with E-state index in [4.69, 9.17) is 9.15 Å². The van der Waals surface area contributed by atoms with Crippen LogP contribution in [0, 0.1) is 5.82 Å². The van der Waals surface area contributed by atoms with Gasteiger partial charge in [-0.05, 0) is 43.4 Å². The molecule has 0 saturated carbocycles. The molecule has 3 rings (SSSR count). The molecule has 0 bridgehead atoms. The molecule has 1 aliphatic rings. The third-order valence-corrected chi connectivity index (χ3v) is 7.13. The molecular weight excluding hydrogens is 455 g/mol. The van der Waals surface area contributed by atoms with Gasteiger partial charge in [0.05, 0.1) is 30.2 Å². The van der Waals surface area contributed by atoms with E-state index in [0.717, 1.165) is 31.3 Å². The first kappa shape index (κ1) is 24.8. The molecule has 2 amide bonds. The number of hydrogen-bond acceptors (Lipinski definition) is 7. The van der Waals surface area contributed by atoms with Crippen LogP contribution in [0.25, 0.3) is 0 Å². The molecule has 33 heavy (non-hydrogen) atoms. The second kappa shape index (κ2) is 10.9. The van der Waals surface area contributed by atoms with Gasteiger partial charge in [-0.3, -0.25) is 25.3 Å². The Morgan fingerprint density at radius 3 is 2.39 bits per heavy atom. The number of nitrogens with zero attached hydrogens (tertiary/aromatic N) is 2. The van der Waals surface area contributed by atoms with Gasteiger partial charge < -0.3 is 9.15 Å². The number of sulfonamides is 1. The van der Waals surface area contributed by atoms with E-state index < -0.39 is 33.2 Å². The Labute approximate surface area is 191 Å². The Morgan fingerprint density at radius 1 is 1.06 bits per heavy atom. The Bertz CT molecular complexity index is 1090. The first-order valence-corrected chi connectivity index (χ1v) is 12.0. The van der Waals surface area contributed by atoms with Crippen molar-refractivity contribution in [3.05, 3.63) is 53.2 Å². The molecule has 1 aliphatic heterocycles. The van der Waals surface area contributed by atoms with Crippen molar-refractivity contribution in [2.24, 2.45) is 0 Å². The van der Waals surface area contributed by atoms with Crippen molar-refractivity contribution in [1.29, 1.82) is 0 Å². The smallest absolute Gasteiger partial charge is 0.305 e. The fourth-order valence-corrected chi connectivity index (χ4v) is 4.70. The SMILES string of the molecule is CCN(CC)Cc1ccc(C(=O)NNC(=O)c2cc(S(=O)(=O)N3CCOCC3)ccc2F)o1. The summed E-state index contributed by atoms with van der Waals surface area (Å²) in [7, 11) is -3.92. The van der Waals surface area contributed by atoms with Crippen molar-refractivity contribution in [3.8, 4) is 0 Å². The van der Waals surface area contributed by atoms with Crippen LogP contribution in [0.4, 0.5) is 4.39 Å². The Hall–Kier alpha value is -2.80. The number of nitrogens with one attached hydrogen (secondary N) is 2. The van der Waals surface area contributed by atoms with E-state index in [2.05, 4.69) is 15.8 Å². The molecule has 10 nitrogen and oxygen atoms in total. The molecule has 0 spiro atoms. The number of halogens is 1. The van der Waals surface area contributed by atoms with Gasteiger partial charge in [-0.25, -0.2) is 12.8 Å². The molecule has 0 aliphatic carbocycles. The standard InChI is InChI=1S/C21H27FN4O6S/c1-3-25(4-2)14-15-5-8-19(32-15)21(28)24-23-20(27)17-13-16(6-7-18(17)22)33(29,30)26-9-11-31-12-10-26/h5-8,13H,3-4,9-12,14H2,1-2H3,(H,23,27)(H,24,28). The Morgan fingerprint density at radius 2 is 1.73 bits per heavy atom. The van der Waals surface area contributed by atoms with Crippen LogP contribution in [0.2, 0.25) is 0 Å². The molecule has 0 radical (unpaired) electrons. The predicted octanol–water partition coefficient (Wildman–Crippen LogP) is 1.36. The maximum absolute atomic E-state index is 14.3. The van der Waals surface area contributed by atoms with Gasteiger partial charge in [0.25, 0.3) is 5.91 Å². The molecule has 1 fully saturated rings. The first-order valence-electron chi connectivity index (χ1n) is 10.6. The molecule has 0 unspecified atom stereocenters. The summed E-state index contributed by atoms with van der Waals surface area (Å²) in [5, 5.41) is 0. The molecule has 180 valence electrons. The fourth-order valence-electron chi connectivity index (χ4n) is 3.27. The van der Waals surface area contributed by atoms with E-state index in [1.54, 1.807) is 6.07 Å². The van der Waals surface area contributed by atoms with Crippen molar-refractivity contribution < 1.29 is 31.6 Å². The highest BCUT2D eigenvalue weighted by Crippen LogP contribution is 2.20. The van der Waals surface area contributed by atoms with Crippen LogP contribution in [0.3, 0.4) is 0 Å². The van der Waals surface area contributed by atoms with Crippen molar-refractivity contribution in [1.82, 2.24) is 20.1 Å². The van der Waals surface area contributed by atoms with Crippen LogP contribution in [0.1, 0.15) is 40.5 Å². The van der Waals surface area contributed by atoms with Gasteiger partial charge in [-0.15, -0.1) is 0 Å². The van der Waals surface area contributed by atoms with Crippen LogP contribution < -0.4 is 10.9 Å². The zero-order valence-corrected chi connectivity index (χ0v) is 19.3. The topological polar surface area (TPSA) is 121 Å². The largest absolute Gasteiger partial charge is 0.454 e. The maximum atomic E-state index is 14.3. The zero-order chi connectivity index (χ0) is 24.0. The molecule has 1 aromatic carbocycles. The monoisotopic (exact) mass is 482 g/mol. The number of ether oxygens (including phenoxy) is 1. The lowest BCUT2D eigenvalue weighted by Crippen LogP contribution is -2.42. The molecule has 0 atom stereocenters. The summed E-state index contributed by atoms with van der Waals surface area (Å²) >= 11 is 0. The average molecular weight is 483 g/mol. The Kier molecular flexibility index (Phi) is 8.19. The number of carbonyl (C=O) groups excluding carboxylic acids is 2. The number of rotatable bonds is 8. The minimum atomic E-state index is -3.92. The van der Waals surface area contributed by atoms with Gasteiger partial charge in [0, 0.05) is 13.1 Å². The number of hydrogen-bond donors (Lipinski definition) is 2. The fraction of sp³-hybridized carbons (Fsp3) is 0.429. The summed E-state index contributed by atoms with van der Waals surface area (Å²) in [6.45, 7) is 7.02. The molecule has 2 N–H and O–H groups in total. The van der Waals surface area contributed by atoms with Crippen LogP contribution in [-0.2, 0) is 21.3 Å². The number of hydrazine groups is 1. The van der Waals surface area contributed by atoms with Gasteiger partial charge in [-0.2, -0.15) is 4.31 Å². The van der Waals surface area contributed by atoms with E-state index in [0.29, 0.717) is 12.3 Å². The highest BCUT2D eigenvalue weighted by molar-refractivity contribution is 7.89. The third kappa shape index (κ3) is 5.96. The zero-order valence-electron chi connectivity index (χ0n) is 18.5. The van der Waals surface area contributed by atoms with Crippen LogP contribution in [-0.4, -0.2) is 68.8 Å². The molecule has 1 saturated heterocycles. The second-order valence-corrected chi connectivity index (χ2v) is 9.23. The first-order chi connectivity index (χ1) is 15.8. The number of morpholine rings is 1. The Balaban J connectivity index is 1.66. The van der Waals surface area contributed by atoms with Crippen LogP contribution in [0.15, 0.2) is 39.6 Å². The highest BCUT2D eigenvalue weighted by atomic mass is 32.2. The summed E-state index contributed by atoms with van der Waals surface area (Å²) in [4.78, 5) is 26.6. The number of benzene rings is 1. The van der Waals surface area contributed by atoms with E-state index in [9.17, 15) is 22.4 Å². The quantitative estimate of drug-likeness (QED) is 0.545. The second-order valence-electron chi connectivity index (χ2n) is 7.29. The maximum Gasteiger partial charge on any atom is 0.305 e. The summed E-state index contributed by atoms with van der Waals surface area (Å²) in [5.41, 5.74) is 3.72. The molecule has 2 heterocycles. The number of carbonyl (C=O) groups is 2. The molecule has 2 aromatic rings. The average Bonchev–Trinajstić information content (AvgIpc) is 3.30. The lowest BCUT2D eigenvalue weighted by atomic mass is 10.2. The van der Waals surface area contributed by atoms with Gasteiger partial charge in [0.2, 0.25) is 10.0 Å². The lowest BCUT2D eigenvalue weighted by Gasteiger charge is -2.26.